The van der Waals surface area contributed by atoms with Crippen LogP contribution in [-0.4, -0.2) is 27.3 Å². The van der Waals surface area contributed by atoms with Gasteiger partial charge in [0.15, 0.2) is 11.5 Å². The maximum atomic E-state index is 5.57. The molecule has 1 saturated carbocycles. The molecule has 2 aromatic carbocycles. The molecule has 1 fully saturated rings. The maximum absolute atomic E-state index is 5.57. The minimum Gasteiger partial charge on any atom is -0.493 e. The number of hydrogen-bond acceptors (Lipinski definition) is 2. The van der Waals surface area contributed by atoms with Gasteiger partial charge in [0.1, 0.15) is 6.04 Å². The summed E-state index contributed by atoms with van der Waals surface area (Å²) in [6.45, 7) is 4.80. The van der Waals surface area contributed by atoms with Crippen molar-refractivity contribution in [3.63, 3.8) is 0 Å². The summed E-state index contributed by atoms with van der Waals surface area (Å²) in [6, 6.07) is 16.1. The summed E-state index contributed by atoms with van der Waals surface area (Å²) in [6.07, 6.45) is 6.48. The summed E-state index contributed by atoms with van der Waals surface area (Å²) < 4.78 is 11.1. The van der Waals surface area contributed by atoms with E-state index >= 15 is 0 Å². The second-order valence-electron chi connectivity index (χ2n) is 8.32. The molecule has 2 aliphatic rings. The molecule has 1 unspecified atom stereocenters. The minimum atomic E-state index is 0.346. The molecule has 2 atom stereocenters. The van der Waals surface area contributed by atoms with Gasteiger partial charge in [-0.1, -0.05) is 43.2 Å². The fourth-order valence-corrected chi connectivity index (χ4v) is 5.38. The van der Waals surface area contributed by atoms with E-state index < -0.39 is 0 Å². The standard InChI is InChI=1S/C24H31NO2/c1-18-21-16-23(27-3)22(26-2)15-19(21)11-14-25(18)17-24(12-7-8-13-24)20-9-5-4-6-10-20/h4-6,9-10,15-16,18H,7-8,11-14,17H2,1-3H3/p+1/t18-/m1/s1. The molecule has 1 aliphatic carbocycles. The van der Waals surface area contributed by atoms with Gasteiger partial charge in [0.05, 0.1) is 27.3 Å². The van der Waals surface area contributed by atoms with Gasteiger partial charge in [0.2, 0.25) is 0 Å². The van der Waals surface area contributed by atoms with E-state index in [9.17, 15) is 0 Å². The van der Waals surface area contributed by atoms with Crippen LogP contribution in [0.25, 0.3) is 0 Å². The highest BCUT2D eigenvalue weighted by Crippen LogP contribution is 2.41. The summed E-state index contributed by atoms with van der Waals surface area (Å²) in [4.78, 5) is 1.71. The summed E-state index contributed by atoms with van der Waals surface area (Å²) in [5, 5.41) is 0. The highest BCUT2D eigenvalue weighted by Gasteiger charge is 2.42. The largest absolute Gasteiger partial charge is 0.493 e. The third-order valence-electron chi connectivity index (χ3n) is 6.95. The van der Waals surface area contributed by atoms with Crippen molar-refractivity contribution >= 4 is 0 Å². The molecule has 144 valence electrons. The Kier molecular flexibility index (Phi) is 5.14. The Hall–Kier alpha value is -2.00. The molecule has 2 aromatic rings. The Bertz CT molecular complexity index is 780. The number of nitrogens with one attached hydrogen (secondary N) is 1. The summed E-state index contributed by atoms with van der Waals surface area (Å²) in [5.41, 5.74) is 4.73. The zero-order valence-electron chi connectivity index (χ0n) is 16.9. The van der Waals surface area contributed by atoms with Gasteiger partial charge in [-0.3, -0.25) is 0 Å². The molecule has 3 heteroatoms. The molecule has 4 rings (SSSR count). The second-order valence-corrected chi connectivity index (χ2v) is 8.32. The number of hydrogen-bond donors (Lipinski definition) is 1. The average molecular weight is 367 g/mol. The van der Waals surface area contributed by atoms with Gasteiger partial charge >= 0.3 is 0 Å². The van der Waals surface area contributed by atoms with Crippen LogP contribution < -0.4 is 14.4 Å². The van der Waals surface area contributed by atoms with Crippen molar-refractivity contribution in [2.45, 2.75) is 50.5 Å². The fraction of sp³-hybridized carbons (Fsp3) is 0.500. The molecule has 0 spiro atoms. The van der Waals surface area contributed by atoms with Gasteiger partial charge in [-0.15, -0.1) is 0 Å². The van der Waals surface area contributed by atoms with Crippen LogP contribution in [0.15, 0.2) is 42.5 Å². The topological polar surface area (TPSA) is 22.9 Å². The van der Waals surface area contributed by atoms with Crippen LogP contribution in [0.1, 0.15) is 55.3 Å². The van der Waals surface area contributed by atoms with Crippen LogP contribution >= 0.6 is 0 Å². The van der Waals surface area contributed by atoms with Crippen LogP contribution in [0, 0.1) is 0 Å². The van der Waals surface area contributed by atoms with E-state index in [2.05, 4.69) is 49.4 Å². The number of rotatable bonds is 5. The van der Waals surface area contributed by atoms with E-state index in [0.29, 0.717) is 11.5 Å². The lowest BCUT2D eigenvalue weighted by molar-refractivity contribution is -0.936. The lowest BCUT2D eigenvalue weighted by Gasteiger charge is -2.39. The van der Waals surface area contributed by atoms with E-state index in [4.69, 9.17) is 9.47 Å². The van der Waals surface area contributed by atoms with Crippen molar-refractivity contribution in [1.82, 2.24) is 0 Å². The van der Waals surface area contributed by atoms with E-state index in [1.165, 1.54) is 49.9 Å². The van der Waals surface area contributed by atoms with Crippen LogP contribution in [0.4, 0.5) is 0 Å². The predicted octanol–water partition coefficient (Wildman–Crippen LogP) is 3.72. The SMILES string of the molecule is COc1cc2c(cc1OC)[C@@H](C)[NH+](CC1(c3ccccc3)CCCC1)CC2. The molecule has 27 heavy (non-hydrogen) atoms. The molecule has 1 N–H and O–H groups in total. The van der Waals surface area contributed by atoms with Crippen molar-refractivity contribution in [2.24, 2.45) is 0 Å². The van der Waals surface area contributed by atoms with E-state index in [1.54, 1.807) is 24.7 Å². The van der Waals surface area contributed by atoms with Crippen LogP contribution in [0.2, 0.25) is 0 Å². The zero-order valence-corrected chi connectivity index (χ0v) is 16.9. The monoisotopic (exact) mass is 366 g/mol. The molecule has 1 aliphatic heterocycles. The van der Waals surface area contributed by atoms with Gasteiger partial charge in [-0.05, 0) is 43.0 Å². The smallest absolute Gasteiger partial charge is 0.161 e. The Morgan fingerprint density at radius 2 is 1.67 bits per heavy atom. The zero-order chi connectivity index (χ0) is 18.9. The van der Waals surface area contributed by atoms with Gasteiger partial charge < -0.3 is 14.4 Å². The van der Waals surface area contributed by atoms with Crippen molar-refractivity contribution in [1.29, 1.82) is 0 Å². The first kappa shape index (κ1) is 18.4. The molecule has 1 heterocycles. The first-order valence-electron chi connectivity index (χ1n) is 10.3. The molecule has 0 saturated heterocycles. The Labute approximate surface area is 163 Å². The van der Waals surface area contributed by atoms with Crippen LogP contribution in [0.3, 0.4) is 0 Å². The summed E-state index contributed by atoms with van der Waals surface area (Å²) in [5.74, 6) is 1.70. The Morgan fingerprint density at radius 1 is 1.00 bits per heavy atom. The molecule has 0 bridgehead atoms. The van der Waals surface area contributed by atoms with Gasteiger partial charge in [0, 0.05) is 17.4 Å². The quantitative estimate of drug-likeness (QED) is 0.872. The lowest BCUT2D eigenvalue weighted by atomic mass is 9.77. The first-order chi connectivity index (χ1) is 13.2. The summed E-state index contributed by atoms with van der Waals surface area (Å²) in [7, 11) is 3.45. The Morgan fingerprint density at radius 3 is 2.33 bits per heavy atom. The maximum Gasteiger partial charge on any atom is 0.161 e. The number of ether oxygens (including phenoxy) is 2. The molecule has 3 nitrogen and oxygen atoms in total. The first-order valence-corrected chi connectivity index (χ1v) is 10.3. The van der Waals surface area contributed by atoms with Gasteiger partial charge in [-0.25, -0.2) is 0 Å². The van der Waals surface area contributed by atoms with Crippen LogP contribution in [-0.2, 0) is 11.8 Å². The average Bonchev–Trinajstić information content (AvgIpc) is 3.20. The molecular weight excluding hydrogens is 334 g/mol. The third-order valence-corrected chi connectivity index (χ3v) is 6.95. The normalized spacial score (nSPS) is 23.7. The number of fused-ring (bicyclic) bond motifs is 1. The summed E-state index contributed by atoms with van der Waals surface area (Å²) >= 11 is 0. The van der Waals surface area contributed by atoms with E-state index in [0.717, 1.165) is 17.9 Å². The highest BCUT2D eigenvalue weighted by molar-refractivity contribution is 5.48. The molecule has 0 radical (unpaired) electrons. The van der Waals surface area contributed by atoms with E-state index in [-0.39, 0.29) is 0 Å². The Balaban J connectivity index is 1.62. The van der Waals surface area contributed by atoms with Crippen molar-refractivity contribution < 1.29 is 14.4 Å². The molecular formula is C24H32NO2+. The molecule has 0 aromatic heterocycles. The number of methoxy groups -OCH3 is 2. The van der Waals surface area contributed by atoms with Crippen molar-refractivity contribution in [3.8, 4) is 11.5 Å². The fourth-order valence-electron chi connectivity index (χ4n) is 5.38. The van der Waals surface area contributed by atoms with Gasteiger partial charge in [-0.2, -0.15) is 0 Å². The minimum absolute atomic E-state index is 0.346. The predicted molar refractivity (Wildman–Crippen MR) is 109 cm³/mol. The second kappa shape index (κ2) is 7.55. The highest BCUT2D eigenvalue weighted by atomic mass is 16.5. The van der Waals surface area contributed by atoms with E-state index in [1.807, 2.05) is 0 Å². The number of quaternary nitrogens is 1. The van der Waals surface area contributed by atoms with Crippen molar-refractivity contribution in [2.75, 3.05) is 27.3 Å². The van der Waals surface area contributed by atoms with Gasteiger partial charge in [0.25, 0.3) is 0 Å². The molecule has 0 amide bonds. The van der Waals surface area contributed by atoms with Crippen molar-refractivity contribution in [3.05, 3.63) is 59.2 Å². The third kappa shape index (κ3) is 3.34. The lowest BCUT2D eigenvalue weighted by Crippen LogP contribution is -3.14. The van der Waals surface area contributed by atoms with Crippen LogP contribution in [0.5, 0.6) is 11.5 Å². The number of benzene rings is 2.